The molecule has 1 heterocycles. The van der Waals surface area contributed by atoms with Crippen LogP contribution in [-0.2, 0) is 14.8 Å². The molecule has 0 aliphatic heterocycles. The highest BCUT2D eigenvalue weighted by molar-refractivity contribution is 8.01. The Morgan fingerprint density at radius 2 is 1.96 bits per heavy atom. The van der Waals surface area contributed by atoms with Crippen LogP contribution in [0.3, 0.4) is 0 Å². The molecule has 7 nitrogen and oxygen atoms in total. The Labute approximate surface area is 182 Å². The first-order chi connectivity index (χ1) is 13.0. The quantitative estimate of drug-likeness (QED) is 0.442. The van der Waals surface area contributed by atoms with Gasteiger partial charge in [-0.05, 0) is 31.0 Å². The second-order valence-corrected chi connectivity index (χ2v) is 11.3. The molecular formula is C16H20Cl2N4O3S3. The van der Waals surface area contributed by atoms with E-state index in [0.717, 1.165) is 20.7 Å². The third-order valence-corrected chi connectivity index (χ3v) is 7.59. The summed E-state index contributed by atoms with van der Waals surface area (Å²) in [6, 6.07) is 3.34. The van der Waals surface area contributed by atoms with E-state index >= 15 is 0 Å². The molecule has 1 aromatic heterocycles. The predicted molar refractivity (Wildman–Crippen MR) is 117 cm³/mol. The summed E-state index contributed by atoms with van der Waals surface area (Å²) in [5.41, 5.74) is 0.129. The van der Waals surface area contributed by atoms with Crippen LogP contribution in [-0.4, -0.2) is 42.6 Å². The molecular weight excluding hydrogens is 463 g/mol. The van der Waals surface area contributed by atoms with Gasteiger partial charge in [-0.2, -0.15) is 0 Å². The predicted octanol–water partition coefficient (Wildman–Crippen LogP) is 4.39. The smallest absolute Gasteiger partial charge is 0.249 e. The molecule has 1 aromatic carbocycles. The molecule has 28 heavy (non-hydrogen) atoms. The maximum atomic E-state index is 12.7. The SMILES string of the molecule is CC(C)CSc1nnc(NC(=O)[C@@H](C)N(c2cc(Cl)ccc2Cl)S(C)(=O)=O)s1. The van der Waals surface area contributed by atoms with Gasteiger partial charge >= 0.3 is 0 Å². The van der Waals surface area contributed by atoms with Crippen molar-refractivity contribution in [1.82, 2.24) is 10.2 Å². The summed E-state index contributed by atoms with van der Waals surface area (Å²) in [6.45, 7) is 5.65. The van der Waals surface area contributed by atoms with Crippen molar-refractivity contribution in [3.05, 3.63) is 28.2 Å². The Morgan fingerprint density at radius 3 is 2.57 bits per heavy atom. The van der Waals surface area contributed by atoms with Gasteiger partial charge in [-0.25, -0.2) is 8.42 Å². The molecule has 0 fully saturated rings. The van der Waals surface area contributed by atoms with Gasteiger partial charge in [-0.3, -0.25) is 14.4 Å². The first-order valence-corrected chi connectivity index (χ1v) is 12.6. The van der Waals surface area contributed by atoms with Gasteiger partial charge in [0.25, 0.3) is 0 Å². The number of hydrogen-bond donors (Lipinski definition) is 1. The van der Waals surface area contributed by atoms with Crippen molar-refractivity contribution in [2.75, 3.05) is 21.6 Å². The largest absolute Gasteiger partial charge is 0.299 e. The Hall–Kier alpha value is -1.07. The molecule has 12 heteroatoms. The molecule has 2 aromatic rings. The number of sulfonamides is 1. The van der Waals surface area contributed by atoms with Crippen molar-refractivity contribution in [1.29, 1.82) is 0 Å². The van der Waals surface area contributed by atoms with Crippen molar-refractivity contribution in [3.63, 3.8) is 0 Å². The monoisotopic (exact) mass is 482 g/mol. The zero-order valence-corrected chi connectivity index (χ0v) is 19.6. The lowest BCUT2D eigenvalue weighted by atomic mass is 10.2. The minimum absolute atomic E-state index is 0.129. The molecule has 0 aliphatic rings. The molecule has 154 valence electrons. The summed E-state index contributed by atoms with van der Waals surface area (Å²) in [5.74, 6) is 0.824. The number of carbonyl (C=O) groups excluding carboxylic acids is 1. The van der Waals surface area contributed by atoms with Crippen LogP contribution in [0.2, 0.25) is 10.0 Å². The average Bonchev–Trinajstić information content (AvgIpc) is 3.02. The van der Waals surface area contributed by atoms with Gasteiger partial charge in [-0.15, -0.1) is 10.2 Å². The van der Waals surface area contributed by atoms with Crippen LogP contribution in [0.25, 0.3) is 0 Å². The number of halogens is 2. The number of rotatable bonds is 8. The van der Waals surface area contributed by atoms with Crippen LogP contribution in [0, 0.1) is 5.92 Å². The number of benzene rings is 1. The lowest BCUT2D eigenvalue weighted by molar-refractivity contribution is -0.116. The normalized spacial score (nSPS) is 12.8. The van der Waals surface area contributed by atoms with E-state index in [1.165, 1.54) is 36.5 Å². The average molecular weight is 483 g/mol. The lowest BCUT2D eigenvalue weighted by Crippen LogP contribution is -2.45. The third kappa shape index (κ3) is 6.21. The standard InChI is InChI=1S/C16H20Cl2N4O3S3/c1-9(2)8-26-16-21-20-15(27-16)19-14(23)10(3)22(28(4,24)25)13-7-11(17)5-6-12(13)18/h5-7,9-10H,8H2,1-4H3,(H,19,20,23)/t10-/m1/s1. The second-order valence-electron chi connectivity index (χ2n) is 6.40. The van der Waals surface area contributed by atoms with Crippen LogP contribution < -0.4 is 9.62 Å². The van der Waals surface area contributed by atoms with Gasteiger partial charge in [0, 0.05) is 10.8 Å². The number of amides is 1. The first-order valence-electron chi connectivity index (χ1n) is 8.20. The fourth-order valence-electron chi connectivity index (χ4n) is 2.20. The molecule has 1 N–H and O–H groups in total. The highest BCUT2D eigenvalue weighted by Crippen LogP contribution is 2.33. The molecule has 0 unspecified atom stereocenters. The van der Waals surface area contributed by atoms with Crippen molar-refractivity contribution in [3.8, 4) is 0 Å². The van der Waals surface area contributed by atoms with E-state index in [1.807, 2.05) is 0 Å². The van der Waals surface area contributed by atoms with Gasteiger partial charge in [0.15, 0.2) is 4.34 Å². The van der Waals surface area contributed by atoms with E-state index < -0.39 is 22.0 Å². The zero-order valence-electron chi connectivity index (χ0n) is 15.6. The number of thioether (sulfide) groups is 1. The van der Waals surface area contributed by atoms with E-state index in [2.05, 4.69) is 29.4 Å². The number of aromatic nitrogens is 2. The summed E-state index contributed by atoms with van der Waals surface area (Å²) in [7, 11) is -3.81. The van der Waals surface area contributed by atoms with Crippen molar-refractivity contribution >= 4 is 73.0 Å². The minimum atomic E-state index is -3.81. The van der Waals surface area contributed by atoms with E-state index in [1.54, 1.807) is 11.8 Å². The van der Waals surface area contributed by atoms with Gasteiger partial charge in [0.1, 0.15) is 6.04 Å². The lowest BCUT2D eigenvalue weighted by Gasteiger charge is -2.28. The van der Waals surface area contributed by atoms with E-state index in [9.17, 15) is 13.2 Å². The first kappa shape index (κ1) is 23.2. The second kappa shape index (κ2) is 9.62. The van der Waals surface area contributed by atoms with Crippen LogP contribution >= 0.6 is 46.3 Å². The Morgan fingerprint density at radius 1 is 1.29 bits per heavy atom. The van der Waals surface area contributed by atoms with Gasteiger partial charge in [0.05, 0.1) is 17.0 Å². The molecule has 0 radical (unpaired) electrons. The van der Waals surface area contributed by atoms with E-state index in [0.29, 0.717) is 16.1 Å². The number of nitrogens with one attached hydrogen (secondary N) is 1. The number of anilines is 2. The van der Waals surface area contributed by atoms with Gasteiger partial charge in [0.2, 0.25) is 21.1 Å². The maximum Gasteiger partial charge on any atom is 0.249 e. The topological polar surface area (TPSA) is 92.3 Å². The highest BCUT2D eigenvalue weighted by atomic mass is 35.5. The van der Waals surface area contributed by atoms with Crippen LogP contribution in [0.1, 0.15) is 20.8 Å². The summed E-state index contributed by atoms with van der Waals surface area (Å²) in [5, 5.41) is 11.4. The number of hydrogen-bond acceptors (Lipinski definition) is 7. The third-order valence-electron chi connectivity index (χ3n) is 3.41. The molecule has 0 saturated heterocycles. The van der Waals surface area contributed by atoms with Gasteiger partial charge in [-0.1, -0.05) is 60.1 Å². The van der Waals surface area contributed by atoms with Crippen molar-refractivity contribution in [2.24, 2.45) is 5.92 Å². The summed E-state index contributed by atoms with van der Waals surface area (Å²) < 4.78 is 26.4. The number of nitrogens with zero attached hydrogens (tertiary/aromatic N) is 3. The number of carbonyl (C=O) groups is 1. The van der Waals surface area contributed by atoms with E-state index in [4.69, 9.17) is 23.2 Å². The van der Waals surface area contributed by atoms with Crippen LogP contribution in [0.4, 0.5) is 10.8 Å². The molecule has 1 amide bonds. The molecule has 0 saturated carbocycles. The minimum Gasteiger partial charge on any atom is -0.299 e. The van der Waals surface area contributed by atoms with Crippen LogP contribution in [0.15, 0.2) is 22.5 Å². The van der Waals surface area contributed by atoms with E-state index in [-0.39, 0.29) is 10.7 Å². The molecule has 0 spiro atoms. The molecule has 0 bridgehead atoms. The Bertz CT molecular complexity index is 950. The maximum absolute atomic E-state index is 12.7. The zero-order chi connectivity index (χ0) is 21.1. The fourth-order valence-corrected chi connectivity index (χ4v) is 5.54. The van der Waals surface area contributed by atoms with Gasteiger partial charge < -0.3 is 0 Å². The fraction of sp³-hybridized carbons (Fsp3) is 0.438. The van der Waals surface area contributed by atoms with Crippen molar-refractivity contribution in [2.45, 2.75) is 31.2 Å². The summed E-state index contributed by atoms with van der Waals surface area (Å²) in [6.07, 6.45) is 1.000. The van der Waals surface area contributed by atoms with Crippen molar-refractivity contribution < 1.29 is 13.2 Å². The molecule has 1 atom stereocenters. The highest BCUT2D eigenvalue weighted by Gasteiger charge is 2.31. The molecule has 0 aliphatic carbocycles. The Balaban J connectivity index is 2.22. The summed E-state index contributed by atoms with van der Waals surface area (Å²) in [4.78, 5) is 12.7. The van der Waals surface area contributed by atoms with Crippen LogP contribution in [0.5, 0.6) is 0 Å². The molecule has 2 rings (SSSR count). The summed E-state index contributed by atoms with van der Waals surface area (Å²) >= 11 is 14.9. The Kier molecular flexibility index (Phi) is 7.97.